The summed E-state index contributed by atoms with van der Waals surface area (Å²) < 4.78 is 31.9. The van der Waals surface area contributed by atoms with Crippen LogP contribution in [-0.2, 0) is 10.1 Å². The van der Waals surface area contributed by atoms with Crippen LogP contribution in [0.25, 0.3) is 12.2 Å². The van der Waals surface area contributed by atoms with Crippen molar-refractivity contribution in [3.63, 3.8) is 0 Å². The van der Waals surface area contributed by atoms with Crippen molar-refractivity contribution in [2.24, 2.45) is 0 Å². The number of nitrogens with two attached hydrogens (primary N) is 1. The lowest BCUT2D eigenvalue weighted by atomic mass is 10.1. The Hall–Kier alpha value is -1.53. The van der Waals surface area contributed by atoms with Crippen LogP contribution in [0.5, 0.6) is 0 Å². The third-order valence-corrected chi connectivity index (χ3v) is 4.36. The maximum absolute atomic E-state index is 11.3. The minimum absolute atomic E-state index is 0.245. The molecule has 0 amide bonds. The first kappa shape index (κ1) is 15.9. The van der Waals surface area contributed by atoms with Crippen molar-refractivity contribution in [1.29, 1.82) is 0 Å². The maximum Gasteiger partial charge on any atom is 0.295 e. The number of benzene rings is 2. The Morgan fingerprint density at radius 3 is 2.33 bits per heavy atom. The van der Waals surface area contributed by atoms with Crippen molar-refractivity contribution in [1.82, 2.24) is 0 Å². The molecule has 4 nitrogen and oxygen atoms in total. The molecule has 3 N–H and O–H groups in total. The molecule has 7 heteroatoms. The third kappa shape index (κ3) is 3.98. The lowest BCUT2D eigenvalue weighted by Crippen LogP contribution is -2.02. The molecule has 0 unspecified atom stereocenters. The minimum Gasteiger partial charge on any atom is -0.399 e. The summed E-state index contributed by atoms with van der Waals surface area (Å²) in [6.45, 7) is 0. The zero-order valence-corrected chi connectivity index (χ0v) is 13.0. The Morgan fingerprint density at radius 2 is 1.71 bits per heavy atom. The standard InChI is InChI=1S/C14H11Cl2NO3S/c15-12-6-2-9(7-13(12)16)1-3-10-4-5-11(17)8-14(10)21(18,19)20/h1-8H,17H2,(H,18,19,20). The molecule has 0 bridgehead atoms. The molecule has 0 aliphatic rings. The highest BCUT2D eigenvalue weighted by atomic mass is 35.5. The molecule has 110 valence electrons. The molecule has 2 rings (SSSR count). The summed E-state index contributed by atoms with van der Waals surface area (Å²) >= 11 is 11.7. The molecule has 21 heavy (non-hydrogen) atoms. The lowest BCUT2D eigenvalue weighted by molar-refractivity contribution is 0.483. The second-order valence-corrected chi connectivity index (χ2v) is 6.48. The molecular weight excluding hydrogens is 333 g/mol. The van der Waals surface area contributed by atoms with Crippen molar-refractivity contribution in [2.75, 3.05) is 5.73 Å². The summed E-state index contributed by atoms with van der Waals surface area (Å²) in [5, 5.41) is 0.825. The summed E-state index contributed by atoms with van der Waals surface area (Å²) in [6, 6.07) is 9.26. The Morgan fingerprint density at radius 1 is 1.00 bits per heavy atom. The molecule has 0 aliphatic carbocycles. The van der Waals surface area contributed by atoms with Crippen LogP contribution in [0.4, 0.5) is 5.69 Å². The number of nitrogen functional groups attached to an aromatic ring is 1. The van der Waals surface area contributed by atoms with Gasteiger partial charge in [0.05, 0.1) is 10.0 Å². The largest absolute Gasteiger partial charge is 0.399 e. The fraction of sp³-hybridized carbons (Fsp3) is 0. The number of rotatable bonds is 3. The Labute approximate surface area is 132 Å². The molecule has 0 spiro atoms. The van der Waals surface area contributed by atoms with Crippen molar-refractivity contribution >= 4 is 51.2 Å². The van der Waals surface area contributed by atoms with Gasteiger partial charge in [0.25, 0.3) is 10.1 Å². The van der Waals surface area contributed by atoms with E-state index in [-0.39, 0.29) is 10.6 Å². The molecule has 0 radical (unpaired) electrons. The maximum atomic E-state index is 11.3. The van der Waals surface area contributed by atoms with Gasteiger partial charge in [0.2, 0.25) is 0 Å². The average molecular weight is 344 g/mol. The van der Waals surface area contributed by atoms with E-state index in [0.717, 1.165) is 5.56 Å². The number of hydrogen-bond donors (Lipinski definition) is 2. The smallest absolute Gasteiger partial charge is 0.295 e. The molecule has 0 atom stereocenters. The highest BCUT2D eigenvalue weighted by Gasteiger charge is 2.14. The molecular formula is C14H11Cl2NO3S. The van der Waals surface area contributed by atoms with E-state index in [1.165, 1.54) is 12.1 Å². The van der Waals surface area contributed by atoms with Gasteiger partial charge >= 0.3 is 0 Å². The van der Waals surface area contributed by atoms with E-state index in [2.05, 4.69) is 0 Å². The quantitative estimate of drug-likeness (QED) is 0.501. The highest BCUT2D eigenvalue weighted by Crippen LogP contribution is 2.25. The molecule has 0 saturated carbocycles. The Kier molecular flexibility index (Phi) is 4.58. The van der Waals surface area contributed by atoms with E-state index in [0.29, 0.717) is 15.6 Å². The van der Waals surface area contributed by atoms with E-state index >= 15 is 0 Å². The van der Waals surface area contributed by atoms with Crippen LogP contribution in [0.1, 0.15) is 11.1 Å². The average Bonchev–Trinajstić information content (AvgIpc) is 2.40. The summed E-state index contributed by atoms with van der Waals surface area (Å²) in [7, 11) is -4.35. The number of anilines is 1. The first-order valence-corrected chi connectivity index (χ1v) is 7.97. The van der Waals surface area contributed by atoms with Crippen LogP contribution in [0, 0.1) is 0 Å². The molecule has 0 heterocycles. The van der Waals surface area contributed by atoms with Gasteiger partial charge in [0.1, 0.15) is 4.90 Å². The van der Waals surface area contributed by atoms with Crippen LogP contribution in [0.2, 0.25) is 10.0 Å². The van der Waals surface area contributed by atoms with Gasteiger partial charge in [-0.1, -0.05) is 47.5 Å². The van der Waals surface area contributed by atoms with Crippen LogP contribution in [0.3, 0.4) is 0 Å². The zero-order valence-electron chi connectivity index (χ0n) is 10.6. The fourth-order valence-corrected chi connectivity index (χ4v) is 2.74. The fourth-order valence-electron chi connectivity index (χ4n) is 1.71. The van der Waals surface area contributed by atoms with E-state index in [4.69, 9.17) is 28.9 Å². The van der Waals surface area contributed by atoms with Gasteiger partial charge in [-0.2, -0.15) is 8.42 Å². The molecule has 0 fully saturated rings. The normalized spacial score (nSPS) is 12.0. The molecule has 2 aromatic carbocycles. The molecule has 0 aromatic heterocycles. The first-order chi connectivity index (χ1) is 9.77. The molecule has 2 aromatic rings. The first-order valence-electron chi connectivity index (χ1n) is 5.77. The zero-order chi connectivity index (χ0) is 15.6. The van der Waals surface area contributed by atoms with Crippen LogP contribution in [0.15, 0.2) is 41.3 Å². The van der Waals surface area contributed by atoms with Crippen molar-refractivity contribution < 1.29 is 13.0 Å². The van der Waals surface area contributed by atoms with Crippen molar-refractivity contribution in [3.05, 3.63) is 57.6 Å². The van der Waals surface area contributed by atoms with E-state index in [1.54, 1.807) is 36.4 Å². The SMILES string of the molecule is Nc1ccc(C=Cc2ccc(Cl)c(Cl)c2)c(S(=O)(=O)O)c1. The van der Waals surface area contributed by atoms with Crippen LogP contribution >= 0.6 is 23.2 Å². The van der Waals surface area contributed by atoms with Crippen molar-refractivity contribution in [2.45, 2.75) is 4.90 Å². The lowest BCUT2D eigenvalue weighted by Gasteiger charge is -2.04. The van der Waals surface area contributed by atoms with Gasteiger partial charge in [-0.15, -0.1) is 0 Å². The Balaban J connectivity index is 2.44. The van der Waals surface area contributed by atoms with Gasteiger partial charge < -0.3 is 5.73 Å². The van der Waals surface area contributed by atoms with Crippen LogP contribution in [-0.4, -0.2) is 13.0 Å². The summed E-state index contributed by atoms with van der Waals surface area (Å²) in [5.41, 5.74) is 6.84. The third-order valence-electron chi connectivity index (χ3n) is 2.71. The predicted octanol–water partition coefficient (Wildman–Crippen LogP) is 3.99. The second kappa shape index (κ2) is 6.07. The molecule has 0 aliphatic heterocycles. The number of hydrogen-bond acceptors (Lipinski definition) is 3. The van der Waals surface area contributed by atoms with Crippen molar-refractivity contribution in [3.8, 4) is 0 Å². The summed E-state index contributed by atoms with van der Waals surface area (Å²) in [6.07, 6.45) is 3.20. The van der Waals surface area contributed by atoms with E-state index in [9.17, 15) is 13.0 Å². The molecule has 0 saturated heterocycles. The summed E-state index contributed by atoms with van der Waals surface area (Å²) in [4.78, 5) is -0.251. The second-order valence-electron chi connectivity index (χ2n) is 4.28. The van der Waals surface area contributed by atoms with Gasteiger partial charge in [0, 0.05) is 5.69 Å². The Bertz CT molecular complexity index is 817. The van der Waals surface area contributed by atoms with Gasteiger partial charge in [0.15, 0.2) is 0 Å². The van der Waals surface area contributed by atoms with Gasteiger partial charge in [-0.05, 0) is 35.4 Å². The predicted molar refractivity (Wildman–Crippen MR) is 86.1 cm³/mol. The summed E-state index contributed by atoms with van der Waals surface area (Å²) in [5.74, 6) is 0. The monoisotopic (exact) mass is 343 g/mol. The topological polar surface area (TPSA) is 80.4 Å². The van der Waals surface area contributed by atoms with Crippen LogP contribution < -0.4 is 5.73 Å². The van der Waals surface area contributed by atoms with Gasteiger partial charge in [-0.25, -0.2) is 0 Å². The van der Waals surface area contributed by atoms with E-state index < -0.39 is 10.1 Å². The van der Waals surface area contributed by atoms with E-state index in [1.807, 2.05) is 0 Å². The highest BCUT2D eigenvalue weighted by molar-refractivity contribution is 7.86. The van der Waals surface area contributed by atoms with Gasteiger partial charge in [-0.3, -0.25) is 4.55 Å². The minimum atomic E-state index is -4.35. The number of halogens is 2.